The maximum atomic E-state index is 9.55. The zero-order valence-electron chi connectivity index (χ0n) is 7.14. The Hall–Kier alpha value is -0.870. The fourth-order valence-electron chi connectivity index (χ4n) is 1.14. The first-order valence-electron chi connectivity index (χ1n) is 4.02. The van der Waals surface area contributed by atoms with Crippen LogP contribution in [0.1, 0.15) is 24.6 Å². The predicted molar refractivity (Wildman–Crippen MR) is 44.5 cm³/mol. The molecule has 1 heterocycles. The lowest BCUT2D eigenvalue weighted by atomic mass is 10.1. The molecule has 0 bridgehead atoms. The zero-order chi connectivity index (χ0) is 8.97. The van der Waals surface area contributed by atoms with Crippen molar-refractivity contribution < 1.29 is 10.2 Å². The van der Waals surface area contributed by atoms with E-state index in [4.69, 9.17) is 5.11 Å². The van der Waals surface area contributed by atoms with E-state index in [2.05, 4.69) is 5.10 Å². The largest absolute Gasteiger partial charge is 0.396 e. The van der Waals surface area contributed by atoms with Crippen molar-refractivity contribution in [2.75, 3.05) is 6.61 Å². The molecule has 1 aromatic heterocycles. The van der Waals surface area contributed by atoms with Gasteiger partial charge in [0.15, 0.2) is 0 Å². The van der Waals surface area contributed by atoms with E-state index in [0.717, 1.165) is 5.69 Å². The van der Waals surface area contributed by atoms with Gasteiger partial charge in [0.25, 0.3) is 0 Å². The summed E-state index contributed by atoms with van der Waals surface area (Å²) >= 11 is 0. The summed E-state index contributed by atoms with van der Waals surface area (Å²) in [7, 11) is 1.79. The van der Waals surface area contributed by atoms with Crippen molar-refractivity contribution in [3.63, 3.8) is 0 Å². The molecule has 0 aliphatic carbocycles. The van der Waals surface area contributed by atoms with Crippen LogP contribution in [0.25, 0.3) is 0 Å². The highest BCUT2D eigenvalue weighted by atomic mass is 16.3. The Morgan fingerprint density at radius 2 is 2.42 bits per heavy atom. The molecule has 4 heteroatoms. The van der Waals surface area contributed by atoms with Crippen LogP contribution in [0.4, 0.5) is 0 Å². The van der Waals surface area contributed by atoms with Crippen LogP contribution in [0.3, 0.4) is 0 Å². The first-order valence-corrected chi connectivity index (χ1v) is 4.02. The summed E-state index contributed by atoms with van der Waals surface area (Å²) in [5, 5.41) is 22.0. The van der Waals surface area contributed by atoms with Crippen molar-refractivity contribution >= 4 is 0 Å². The van der Waals surface area contributed by atoms with Crippen LogP contribution in [-0.2, 0) is 7.05 Å². The van der Waals surface area contributed by atoms with E-state index in [1.54, 1.807) is 24.0 Å². The minimum absolute atomic E-state index is 0.120. The van der Waals surface area contributed by atoms with Gasteiger partial charge in [-0.1, -0.05) is 0 Å². The van der Waals surface area contributed by atoms with Gasteiger partial charge < -0.3 is 10.2 Å². The summed E-state index contributed by atoms with van der Waals surface area (Å²) in [6.45, 7) is 0.120. The summed E-state index contributed by atoms with van der Waals surface area (Å²) in [5.74, 6) is 0. The molecule has 1 unspecified atom stereocenters. The Labute approximate surface area is 71.5 Å². The standard InChI is InChI=1S/C8H14N2O2/c1-10-7(4-5-9-10)8(12)3-2-6-11/h4-5,8,11-12H,2-3,6H2,1H3. The van der Waals surface area contributed by atoms with Crippen molar-refractivity contribution in [2.24, 2.45) is 7.05 Å². The van der Waals surface area contributed by atoms with E-state index in [1.807, 2.05) is 0 Å². The van der Waals surface area contributed by atoms with Crippen molar-refractivity contribution in [3.05, 3.63) is 18.0 Å². The summed E-state index contributed by atoms with van der Waals surface area (Å²) < 4.78 is 1.64. The molecule has 1 atom stereocenters. The molecule has 0 spiro atoms. The van der Waals surface area contributed by atoms with Crippen molar-refractivity contribution in [1.29, 1.82) is 0 Å². The molecule has 4 nitrogen and oxygen atoms in total. The first-order chi connectivity index (χ1) is 5.75. The quantitative estimate of drug-likeness (QED) is 0.680. The third-order valence-electron chi connectivity index (χ3n) is 1.84. The SMILES string of the molecule is Cn1nccc1C(O)CCCO. The molecular formula is C8H14N2O2. The Morgan fingerprint density at radius 3 is 2.92 bits per heavy atom. The predicted octanol–water partition coefficient (Wildman–Crippen LogP) is 0.226. The number of aryl methyl sites for hydroxylation is 1. The first kappa shape index (κ1) is 9.22. The minimum atomic E-state index is -0.510. The number of aromatic nitrogens is 2. The second kappa shape index (κ2) is 4.23. The van der Waals surface area contributed by atoms with Crippen molar-refractivity contribution in [2.45, 2.75) is 18.9 Å². The van der Waals surface area contributed by atoms with Gasteiger partial charge in [-0.2, -0.15) is 5.10 Å². The van der Waals surface area contributed by atoms with Crippen LogP contribution in [0, 0.1) is 0 Å². The number of nitrogens with zero attached hydrogens (tertiary/aromatic N) is 2. The highest BCUT2D eigenvalue weighted by molar-refractivity contribution is 5.03. The average molecular weight is 170 g/mol. The molecule has 0 saturated carbocycles. The van der Waals surface area contributed by atoms with Crippen molar-refractivity contribution in [1.82, 2.24) is 9.78 Å². The van der Waals surface area contributed by atoms with E-state index in [9.17, 15) is 5.11 Å². The summed E-state index contributed by atoms with van der Waals surface area (Å²) in [6.07, 6.45) is 2.34. The van der Waals surface area contributed by atoms with Gasteiger partial charge in [0, 0.05) is 19.9 Å². The molecule has 0 fully saturated rings. The number of hydrogen-bond donors (Lipinski definition) is 2. The fraction of sp³-hybridized carbons (Fsp3) is 0.625. The van der Waals surface area contributed by atoms with Gasteiger partial charge in [0.2, 0.25) is 0 Å². The fourth-order valence-corrected chi connectivity index (χ4v) is 1.14. The van der Waals surface area contributed by atoms with Gasteiger partial charge in [-0.05, 0) is 18.9 Å². The number of rotatable bonds is 4. The van der Waals surface area contributed by atoms with E-state index < -0.39 is 6.10 Å². The lowest BCUT2D eigenvalue weighted by Crippen LogP contribution is -2.05. The molecule has 0 aliphatic heterocycles. The Kier molecular flexibility index (Phi) is 3.25. The zero-order valence-corrected chi connectivity index (χ0v) is 7.14. The van der Waals surface area contributed by atoms with Gasteiger partial charge in [-0.3, -0.25) is 4.68 Å². The third-order valence-corrected chi connectivity index (χ3v) is 1.84. The molecule has 68 valence electrons. The van der Waals surface area contributed by atoms with E-state index in [-0.39, 0.29) is 6.61 Å². The smallest absolute Gasteiger partial charge is 0.0957 e. The molecular weight excluding hydrogens is 156 g/mol. The summed E-state index contributed by atoms with van der Waals surface area (Å²) in [5.41, 5.74) is 0.795. The van der Waals surface area contributed by atoms with Crippen LogP contribution < -0.4 is 0 Å². The Bertz CT molecular complexity index is 235. The summed E-state index contributed by atoms with van der Waals surface area (Å²) in [6, 6.07) is 1.78. The molecule has 2 N–H and O–H groups in total. The topological polar surface area (TPSA) is 58.3 Å². The molecule has 0 radical (unpaired) electrons. The highest BCUT2D eigenvalue weighted by Gasteiger charge is 2.09. The Balaban J connectivity index is 2.52. The van der Waals surface area contributed by atoms with Gasteiger partial charge >= 0.3 is 0 Å². The van der Waals surface area contributed by atoms with Crippen molar-refractivity contribution in [3.8, 4) is 0 Å². The second-order valence-electron chi connectivity index (χ2n) is 2.76. The van der Waals surface area contributed by atoms with Gasteiger partial charge in [0.1, 0.15) is 0 Å². The van der Waals surface area contributed by atoms with Crippen LogP contribution >= 0.6 is 0 Å². The molecule has 0 saturated heterocycles. The average Bonchev–Trinajstić information content (AvgIpc) is 2.47. The molecule has 0 aromatic carbocycles. The molecule has 1 aromatic rings. The maximum Gasteiger partial charge on any atom is 0.0957 e. The van der Waals surface area contributed by atoms with Gasteiger partial charge in [0.05, 0.1) is 11.8 Å². The normalized spacial score (nSPS) is 13.2. The molecule has 0 aliphatic rings. The van der Waals surface area contributed by atoms with E-state index in [0.29, 0.717) is 12.8 Å². The number of aliphatic hydroxyl groups is 2. The third kappa shape index (κ3) is 2.06. The van der Waals surface area contributed by atoms with Gasteiger partial charge in [-0.15, -0.1) is 0 Å². The molecule has 0 amide bonds. The highest BCUT2D eigenvalue weighted by Crippen LogP contribution is 2.16. The second-order valence-corrected chi connectivity index (χ2v) is 2.76. The van der Waals surface area contributed by atoms with Gasteiger partial charge in [-0.25, -0.2) is 0 Å². The summed E-state index contributed by atoms with van der Waals surface area (Å²) in [4.78, 5) is 0. The lowest BCUT2D eigenvalue weighted by molar-refractivity contribution is 0.143. The molecule has 12 heavy (non-hydrogen) atoms. The lowest BCUT2D eigenvalue weighted by Gasteiger charge is -2.09. The van der Waals surface area contributed by atoms with E-state index >= 15 is 0 Å². The minimum Gasteiger partial charge on any atom is -0.396 e. The molecule has 1 rings (SSSR count). The van der Waals surface area contributed by atoms with Crippen LogP contribution in [0.2, 0.25) is 0 Å². The van der Waals surface area contributed by atoms with Crippen LogP contribution in [-0.4, -0.2) is 26.6 Å². The van der Waals surface area contributed by atoms with E-state index in [1.165, 1.54) is 0 Å². The Morgan fingerprint density at radius 1 is 1.67 bits per heavy atom. The van der Waals surface area contributed by atoms with Crippen LogP contribution in [0.15, 0.2) is 12.3 Å². The monoisotopic (exact) mass is 170 g/mol. The number of hydrogen-bond acceptors (Lipinski definition) is 3. The number of aliphatic hydroxyl groups excluding tert-OH is 2. The maximum absolute atomic E-state index is 9.55. The van der Waals surface area contributed by atoms with Crippen LogP contribution in [0.5, 0.6) is 0 Å².